The summed E-state index contributed by atoms with van der Waals surface area (Å²) in [5, 5.41) is 8.45. The average Bonchev–Trinajstić information content (AvgIpc) is 3.12. The number of rotatable bonds is 42. The Morgan fingerprint density at radius 1 is 0.370 bits per heavy atom. The quantitative estimate of drug-likeness (QED) is 0.0506. The SMILES string of the molecule is CC(C)(C)OC(=O)COCCOCCOCCOCCOCCOCCOCCOCCOCCOCCOCCOCCOC(=O)CCC(=O)C(=O)O. The maximum atomic E-state index is 11.5. The van der Waals surface area contributed by atoms with Crippen LogP contribution in [-0.2, 0) is 85.5 Å². The molecule has 0 aliphatic rings. The van der Waals surface area contributed by atoms with E-state index in [9.17, 15) is 19.2 Å². The Morgan fingerprint density at radius 3 is 0.889 bits per heavy atom. The molecule has 0 bridgehead atoms. The van der Waals surface area contributed by atoms with Crippen molar-refractivity contribution in [3.8, 4) is 0 Å². The Kier molecular flexibility index (Phi) is 37.1. The highest BCUT2D eigenvalue weighted by Gasteiger charge is 2.16. The Bertz CT molecular complexity index is 898. The van der Waals surface area contributed by atoms with Gasteiger partial charge in [0.2, 0.25) is 5.78 Å². The average molecular weight is 789 g/mol. The lowest BCUT2D eigenvalue weighted by Gasteiger charge is -2.19. The maximum Gasteiger partial charge on any atom is 0.372 e. The zero-order chi connectivity index (χ0) is 39.8. The monoisotopic (exact) mass is 788 g/mol. The summed E-state index contributed by atoms with van der Waals surface area (Å²) in [6.07, 6.45) is -0.670. The number of carbonyl (C=O) groups excluding carboxylic acids is 3. The van der Waals surface area contributed by atoms with Crippen LogP contribution in [0.15, 0.2) is 0 Å². The van der Waals surface area contributed by atoms with Gasteiger partial charge in [0.05, 0.1) is 158 Å². The molecule has 19 heteroatoms. The molecule has 0 unspecified atom stereocenters. The van der Waals surface area contributed by atoms with Crippen molar-refractivity contribution < 1.29 is 90.6 Å². The molecule has 0 aromatic carbocycles. The van der Waals surface area contributed by atoms with Gasteiger partial charge in [0.1, 0.15) is 18.8 Å². The molecule has 0 amide bonds. The van der Waals surface area contributed by atoms with Gasteiger partial charge in [0, 0.05) is 6.42 Å². The van der Waals surface area contributed by atoms with Crippen molar-refractivity contribution in [3.63, 3.8) is 0 Å². The number of aliphatic carboxylic acids is 1. The Hall–Kier alpha value is -2.40. The summed E-state index contributed by atoms with van der Waals surface area (Å²) < 4.78 is 74.8. The fourth-order valence-electron chi connectivity index (χ4n) is 3.55. The molecule has 0 rings (SSSR count). The fourth-order valence-corrected chi connectivity index (χ4v) is 3.55. The lowest BCUT2D eigenvalue weighted by atomic mass is 10.2. The van der Waals surface area contributed by atoms with Crippen LogP contribution in [0.2, 0.25) is 0 Å². The molecule has 0 fully saturated rings. The molecule has 0 radical (unpaired) electrons. The van der Waals surface area contributed by atoms with Gasteiger partial charge in [-0.15, -0.1) is 0 Å². The summed E-state index contributed by atoms with van der Waals surface area (Å²) in [5.41, 5.74) is -0.522. The number of hydrogen-bond donors (Lipinski definition) is 1. The molecular formula is C35H64O19. The predicted molar refractivity (Wildman–Crippen MR) is 189 cm³/mol. The Labute approximate surface area is 318 Å². The number of esters is 2. The van der Waals surface area contributed by atoms with E-state index in [4.69, 9.17) is 71.4 Å². The van der Waals surface area contributed by atoms with Crippen molar-refractivity contribution in [2.75, 3.05) is 165 Å². The number of carboxylic acids is 1. The molecule has 0 atom stereocenters. The van der Waals surface area contributed by atoms with E-state index in [1.807, 2.05) is 0 Å². The van der Waals surface area contributed by atoms with Crippen LogP contribution in [0.3, 0.4) is 0 Å². The summed E-state index contributed by atoms with van der Waals surface area (Å²) in [6.45, 7) is 14.9. The lowest BCUT2D eigenvalue weighted by molar-refractivity contribution is -0.160. The molecule has 0 saturated carbocycles. The van der Waals surface area contributed by atoms with Crippen molar-refractivity contribution in [2.45, 2.75) is 39.2 Å². The maximum absolute atomic E-state index is 11.5. The third-order valence-corrected chi connectivity index (χ3v) is 6.02. The van der Waals surface area contributed by atoms with Crippen molar-refractivity contribution in [3.05, 3.63) is 0 Å². The van der Waals surface area contributed by atoms with Crippen LogP contribution in [-0.4, -0.2) is 200 Å². The summed E-state index contributed by atoms with van der Waals surface area (Å²) >= 11 is 0. The highest BCUT2D eigenvalue weighted by molar-refractivity contribution is 6.32. The largest absolute Gasteiger partial charge is 0.476 e. The van der Waals surface area contributed by atoms with Gasteiger partial charge >= 0.3 is 17.9 Å². The van der Waals surface area contributed by atoms with Gasteiger partial charge in [-0.2, -0.15) is 0 Å². The van der Waals surface area contributed by atoms with Crippen LogP contribution >= 0.6 is 0 Å². The first kappa shape index (κ1) is 51.6. The predicted octanol–water partition coefficient (Wildman–Crippen LogP) is 0.504. The number of carbonyl (C=O) groups is 4. The Balaban J connectivity index is 3.15. The molecule has 0 aromatic rings. The van der Waals surface area contributed by atoms with Gasteiger partial charge < -0.3 is 71.4 Å². The van der Waals surface area contributed by atoms with E-state index in [1.54, 1.807) is 20.8 Å². The topological polar surface area (TPSA) is 218 Å². The minimum Gasteiger partial charge on any atom is -0.476 e. The number of ether oxygens (including phenoxy) is 14. The molecule has 0 heterocycles. The van der Waals surface area contributed by atoms with Crippen LogP contribution in [0.25, 0.3) is 0 Å². The van der Waals surface area contributed by atoms with Gasteiger partial charge in [-0.25, -0.2) is 9.59 Å². The van der Waals surface area contributed by atoms with Crippen molar-refractivity contribution in [1.29, 1.82) is 0 Å². The highest BCUT2D eigenvalue weighted by Crippen LogP contribution is 2.06. The van der Waals surface area contributed by atoms with E-state index < -0.39 is 35.7 Å². The minimum atomic E-state index is -1.57. The highest BCUT2D eigenvalue weighted by atomic mass is 16.6. The second-order valence-electron chi connectivity index (χ2n) is 11.8. The van der Waals surface area contributed by atoms with Crippen LogP contribution in [0, 0.1) is 0 Å². The third kappa shape index (κ3) is 42.3. The molecule has 0 aliphatic heterocycles. The number of carboxylic acid groups (broad SMARTS) is 1. The van der Waals surface area contributed by atoms with Crippen LogP contribution in [0.1, 0.15) is 33.6 Å². The van der Waals surface area contributed by atoms with E-state index in [1.165, 1.54) is 0 Å². The summed E-state index contributed by atoms with van der Waals surface area (Å²) in [4.78, 5) is 44.2. The summed E-state index contributed by atoms with van der Waals surface area (Å²) in [5.74, 6) is -3.65. The van der Waals surface area contributed by atoms with Crippen molar-refractivity contribution in [2.24, 2.45) is 0 Å². The first-order valence-electron chi connectivity index (χ1n) is 18.2. The molecule has 0 spiro atoms. The second kappa shape index (κ2) is 38.9. The van der Waals surface area contributed by atoms with Gasteiger partial charge in [0.15, 0.2) is 0 Å². The van der Waals surface area contributed by atoms with Crippen LogP contribution in [0.4, 0.5) is 0 Å². The number of ketones is 1. The number of Topliss-reactive ketones (excluding diaryl/α,β-unsaturated/α-hetero) is 1. The molecule has 19 nitrogen and oxygen atoms in total. The van der Waals surface area contributed by atoms with E-state index in [0.717, 1.165) is 0 Å². The molecule has 0 aromatic heterocycles. The first-order valence-corrected chi connectivity index (χ1v) is 18.2. The van der Waals surface area contributed by atoms with Gasteiger partial charge in [-0.05, 0) is 20.8 Å². The molecule has 1 N–H and O–H groups in total. The third-order valence-electron chi connectivity index (χ3n) is 6.02. The second-order valence-corrected chi connectivity index (χ2v) is 11.8. The van der Waals surface area contributed by atoms with Crippen LogP contribution < -0.4 is 0 Å². The van der Waals surface area contributed by atoms with Gasteiger partial charge in [0.25, 0.3) is 0 Å². The Morgan fingerprint density at radius 2 is 0.630 bits per heavy atom. The fraction of sp³-hybridized carbons (Fsp3) is 0.886. The molecule has 54 heavy (non-hydrogen) atoms. The normalized spacial score (nSPS) is 11.5. The standard InChI is InChI=1S/C35H64O19/c1-35(2,3)54-33(38)30-52-27-26-50-23-22-48-19-18-46-15-14-44-11-10-42-7-6-41-8-9-43-12-13-45-16-17-47-20-21-49-24-25-51-28-29-53-32(37)5-4-31(36)34(39)40/h4-30H2,1-3H3,(H,39,40). The molecule has 318 valence electrons. The van der Waals surface area contributed by atoms with E-state index in [-0.39, 0.29) is 26.2 Å². The zero-order valence-corrected chi connectivity index (χ0v) is 32.4. The lowest BCUT2D eigenvalue weighted by Crippen LogP contribution is -2.27. The van der Waals surface area contributed by atoms with E-state index in [0.29, 0.717) is 145 Å². The van der Waals surface area contributed by atoms with E-state index >= 15 is 0 Å². The number of hydrogen-bond acceptors (Lipinski definition) is 18. The van der Waals surface area contributed by atoms with E-state index in [2.05, 4.69) is 0 Å². The zero-order valence-electron chi connectivity index (χ0n) is 32.4. The molecule has 0 saturated heterocycles. The van der Waals surface area contributed by atoms with Crippen molar-refractivity contribution >= 4 is 23.7 Å². The molecule has 0 aliphatic carbocycles. The summed E-state index contributed by atoms with van der Waals surface area (Å²) in [6, 6.07) is 0. The van der Waals surface area contributed by atoms with Crippen LogP contribution in [0.5, 0.6) is 0 Å². The van der Waals surface area contributed by atoms with Gasteiger partial charge in [-0.1, -0.05) is 0 Å². The smallest absolute Gasteiger partial charge is 0.372 e. The first-order chi connectivity index (χ1) is 26.1. The van der Waals surface area contributed by atoms with Crippen molar-refractivity contribution in [1.82, 2.24) is 0 Å². The summed E-state index contributed by atoms with van der Waals surface area (Å²) in [7, 11) is 0. The molecular weight excluding hydrogens is 724 g/mol. The minimum absolute atomic E-state index is 0.00765. The van der Waals surface area contributed by atoms with Gasteiger partial charge in [-0.3, -0.25) is 9.59 Å².